The van der Waals surface area contributed by atoms with E-state index in [2.05, 4.69) is 9.97 Å². The van der Waals surface area contributed by atoms with Gasteiger partial charge in [0.05, 0.1) is 11.8 Å². The van der Waals surface area contributed by atoms with Gasteiger partial charge in [-0.05, 0) is 31.5 Å². The van der Waals surface area contributed by atoms with Gasteiger partial charge in [-0.2, -0.15) is 0 Å². The van der Waals surface area contributed by atoms with Crippen molar-refractivity contribution in [2.45, 2.75) is 26.8 Å². The monoisotopic (exact) mass is 329 g/mol. The number of pyridine rings is 1. The molecule has 23 heavy (non-hydrogen) atoms. The van der Waals surface area contributed by atoms with E-state index in [9.17, 15) is 9.59 Å². The zero-order valence-corrected chi connectivity index (χ0v) is 13.6. The molecule has 0 saturated carbocycles. The molecule has 3 aromatic rings. The fraction of sp³-hybridized carbons (Fsp3) is 0.250. The predicted octanol–water partition coefficient (Wildman–Crippen LogP) is 2.61. The topological polar surface area (TPSA) is 85.1 Å². The molecule has 118 valence electrons. The number of aryl methyl sites for hydroxylation is 2. The maximum Gasteiger partial charge on any atom is 0.305 e. The Bertz CT molecular complexity index is 945. The molecule has 3 aromatic heterocycles. The van der Waals surface area contributed by atoms with E-state index in [4.69, 9.17) is 5.11 Å². The molecule has 0 spiro atoms. The van der Waals surface area contributed by atoms with Crippen molar-refractivity contribution in [3.63, 3.8) is 0 Å². The van der Waals surface area contributed by atoms with Crippen LogP contribution < -0.4 is 5.56 Å². The third-order valence-electron chi connectivity index (χ3n) is 3.76. The summed E-state index contributed by atoms with van der Waals surface area (Å²) in [5, 5.41) is 9.53. The zero-order chi connectivity index (χ0) is 16.6. The van der Waals surface area contributed by atoms with Crippen LogP contribution in [-0.4, -0.2) is 25.6 Å². The van der Waals surface area contributed by atoms with Crippen LogP contribution >= 0.6 is 11.3 Å². The second kappa shape index (κ2) is 5.92. The zero-order valence-electron chi connectivity index (χ0n) is 12.7. The molecule has 0 aliphatic heterocycles. The van der Waals surface area contributed by atoms with Gasteiger partial charge in [0.25, 0.3) is 5.56 Å². The minimum absolute atomic E-state index is 0.0790. The fourth-order valence-corrected chi connectivity index (χ4v) is 3.48. The van der Waals surface area contributed by atoms with Gasteiger partial charge in [-0.3, -0.25) is 19.1 Å². The molecule has 0 amide bonds. The molecule has 3 heterocycles. The first-order valence-corrected chi connectivity index (χ1v) is 7.93. The third kappa shape index (κ3) is 2.75. The number of nitrogens with zero attached hydrogens (tertiary/aromatic N) is 3. The smallest absolute Gasteiger partial charge is 0.305 e. The quantitative estimate of drug-likeness (QED) is 0.795. The van der Waals surface area contributed by atoms with E-state index in [-0.39, 0.29) is 18.5 Å². The van der Waals surface area contributed by atoms with Gasteiger partial charge in [-0.15, -0.1) is 11.3 Å². The molecule has 0 atom stereocenters. The Morgan fingerprint density at radius 3 is 2.83 bits per heavy atom. The SMILES string of the molecule is Cc1sc2nc(-c3cccnc3)n(CCC(=O)O)c(=O)c2c1C. The highest BCUT2D eigenvalue weighted by Gasteiger charge is 2.18. The van der Waals surface area contributed by atoms with Crippen molar-refractivity contribution in [3.8, 4) is 11.4 Å². The third-order valence-corrected chi connectivity index (χ3v) is 4.86. The number of hydrogen-bond donors (Lipinski definition) is 1. The largest absolute Gasteiger partial charge is 0.481 e. The molecule has 0 saturated heterocycles. The molecular weight excluding hydrogens is 314 g/mol. The van der Waals surface area contributed by atoms with Gasteiger partial charge in [0, 0.05) is 29.4 Å². The Balaban J connectivity index is 2.30. The van der Waals surface area contributed by atoms with E-state index in [0.29, 0.717) is 21.6 Å². The van der Waals surface area contributed by atoms with Crippen LogP contribution in [0.25, 0.3) is 21.6 Å². The Morgan fingerprint density at radius 2 is 2.17 bits per heavy atom. The van der Waals surface area contributed by atoms with Crippen LogP contribution in [0.15, 0.2) is 29.3 Å². The van der Waals surface area contributed by atoms with E-state index in [0.717, 1.165) is 10.4 Å². The van der Waals surface area contributed by atoms with Gasteiger partial charge >= 0.3 is 5.97 Å². The first-order valence-electron chi connectivity index (χ1n) is 7.11. The molecule has 0 aliphatic carbocycles. The average molecular weight is 329 g/mol. The van der Waals surface area contributed by atoms with Crippen LogP contribution in [0, 0.1) is 13.8 Å². The first-order chi connectivity index (χ1) is 11.0. The normalized spacial score (nSPS) is 11.0. The Morgan fingerprint density at radius 1 is 1.39 bits per heavy atom. The molecule has 0 bridgehead atoms. The van der Waals surface area contributed by atoms with Crippen LogP contribution in [-0.2, 0) is 11.3 Å². The van der Waals surface area contributed by atoms with Crippen LogP contribution in [0.3, 0.4) is 0 Å². The summed E-state index contributed by atoms with van der Waals surface area (Å²) >= 11 is 1.47. The number of hydrogen-bond acceptors (Lipinski definition) is 5. The molecular formula is C16H15N3O3S. The number of carboxylic acids is 1. The summed E-state index contributed by atoms with van der Waals surface area (Å²) in [5.74, 6) is -0.495. The lowest BCUT2D eigenvalue weighted by Crippen LogP contribution is -2.24. The van der Waals surface area contributed by atoms with Crippen molar-refractivity contribution in [3.05, 3.63) is 45.3 Å². The number of carboxylic acid groups (broad SMARTS) is 1. The van der Waals surface area contributed by atoms with Crippen molar-refractivity contribution < 1.29 is 9.90 Å². The number of fused-ring (bicyclic) bond motifs is 1. The molecule has 0 fully saturated rings. The molecule has 0 radical (unpaired) electrons. The van der Waals surface area contributed by atoms with Crippen molar-refractivity contribution in [2.75, 3.05) is 0 Å². The summed E-state index contributed by atoms with van der Waals surface area (Å²) in [4.78, 5) is 34.2. The average Bonchev–Trinajstić information content (AvgIpc) is 2.82. The highest BCUT2D eigenvalue weighted by Crippen LogP contribution is 2.28. The minimum atomic E-state index is -0.952. The van der Waals surface area contributed by atoms with Gasteiger partial charge < -0.3 is 5.11 Å². The molecule has 1 N–H and O–H groups in total. The van der Waals surface area contributed by atoms with Crippen LogP contribution in [0.4, 0.5) is 0 Å². The lowest BCUT2D eigenvalue weighted by Gasteiger charge is -2.11. The van der Waals surface area contributed by atoms with Gasteiger partial charge in [0.2, 0.25) is 0 Å². The maximum atomic E-state index is 12.9. The van der Waals surface area contributed by atoms with E-state index < -0.39 is 5.97 Å². The number of aliphatic carboxylic acids is 1. The van der Waals surface area contributed by atoms with Crippen molar-refractivity contribution in [1.82, 2.24) is 14.5 Å². The van der Waals surface area contributed by atoms with E-state index in [1.54, 1.807) is 18.5 Å². The van der Waals surface area contributed by atoms with Crippen molar-refractivity contribution >= 4 is 27.5 Å². The highest BCUT2D eigenvalue weighted by molar-refractivity contribution is 7.18. The summed E-state index contributed by atoms with van der Waals surface area (Å²) in [7, 11) is 0. The van der Waals surface area contributed by atoms with Crippen molar-refractivity contribution in [2.24, 2.45) is 0 Å². The Hall–Kier alpha value is -2.54. The molecule has 0 aliphatic rings. The highest BCUT2D eigenvalue weighted by atomic mass is 32.1. The van der Waals surface area contributed by atoms with Gasteiger partial charge in [-0.25, -0.2) is 4.98 Å². The van der Waals surface area contributed by atoms with Gasteiger partial charge in [0.15, 0.2) is 0 Å². The van der Waals surface area contributed by atoms with Gasteiger partial charge in [0.1, 0.15) is 10.7 Å². The summed E-state index contributed by atoms with van der Waals surface area (Å²) in [6.45, 7) is 3.92. The summed E-state index contributed by atoms with van der Waals surface area (Å²) in [6.07, 6.45) is 3.13. The summed E-state index contributed by atoms with van der Waals surface area (Å²) in [5.41, 5.74) is 1.40. The fourth-order valence-electron chi connectivity index (χ4n) is 2.46. The standard InChI is InChI=1S/C16H15N3O3S/c1-9-10(2)23-15-13(9)16(22)19(7-5-12(20)21)14(18-15)11-4-3-6-17-8-11/h3-4,6,8H,5,7H2,1-2H3,(H,20,21). The summed E-state index contributed by atoms with van der Waals surface area (Å²) < 4.78 is 1.44. The first kappa shape index (κ1) is 15.4. The van der Waals surface area contributed by atoms with Crippen LogP contribution in [0.2, 0.25) is 0 Å². The van der Waals surface area contributed by atoms with E-state index in [1.165, 1.54) is 15.9 Å². The van der Waals surface area contributed by atoms with Gasteiger partial charge in [-0.1, -0.05) is 0 Å². The molecule has 6 nitrogen and oxygen atoms in total. The van der Waals surface area contributed by atoms with E-state index in [1.807, 2.05) is 19.9 Å². The molecule has 0 aromatic carbocycles. The Kier molecular flexibility index (Phi) is 3.96. The lowest BCUT2D eigenvalue weighted by atomic mass is 10.2. The molecule has 7 heteroatoms. The summed E-state index contributed by atoms with van der Waals surface area (Å²) in [6, 6.07) is 3.57. The van der Waals surface area contributed by atoms with Crippen molar-refractivity contribution in [1.29, 1.82) is 0 Å². The van der Waals surface area contributed by atoms with E-state index >= 15 is 0 Å². The lowest BCUT2D eigenvalue weighted by molar-refractivity contribution is -0.137. The molecule has 3 rings (SSSR count). The van der Waals surface area contributed by atoms with Crippen LogP contribution in [0.5, 0.6) is 0 Å². The molecule has 0 unspecified atom stereocenters. The van der Waals surface area contributed by atoms with Crippen LogP contribution in [0.1, 0.15) is 16.9 Å². The number of thiophene rings is 1. The number of rotatable bonds is 4. The second-order valence-electron chi connectivity index (χ2n) is 5.24. The number of carbonyl (C=O) groups is 1. The second-order valence-corrected chi connectivity index (χ2v) is 6.44. The minimum Gasteiger partial charge on any atom is -0.481 e. The predicted molar refractivity (Wildman–Crippen MR) is 88.8 cm³/mol. The number of aromatic nitrogens is 3. The maximum absolute atomic E-state index is 12.9. The Labute approximate surface area is 136 Å².